The molecular formula is C10H10F2N2O. The van der Waals surface area contributed by atoms with E-state index >= 15 is 0 Å². The summed E-state index contributed by atoms with van der Waals surface area (Å²) in [5.74, 6) is -1.35. The second-order valence-corrected chi connectivity index (χ2v) is 3.45. The molecule has 0 atom stereocenters. The van der Waals surface area contributed by atoms with Crippen LogP contribution in [0.5, 0.6) is 0 Å². The standard InChI is InChI=1S/C10H10F2N2O/c1-13-4-5-14(10(13)15)9-3-2-7(11)6-8(9)12/h2-3,6H,4-5H2,1H3. The molecule has 1 aromatic carbocycles. The molecule has 2 amide bonds. The van der Waals surface area contributed by atoms with Gasteiger partial charge in [-0.2, -0.15) is 0 Å². The summed E-state index contributed by atoms with van der Waals surface area (Å²) in [6, 6.07) is 2.94. The highest BCUT2D eigenvalue weighted by molar-refractivity contribution is 5.94. The molecule has 0 radical (unpaired) electrons. The number of nitrogens with zero attached hydrogens (tertiary/aromatic N) is 2. The van der Waals surface area contributed by atoms with Crippen molar-refractivity contribution in [3.63, 3.8) is 0 Å². The van der Waals surface area contributed by atoms with E-state index in [1.807, 2.05) is 0 Å². The number of amides is 2. The van der Waals surface area contributed by atoms with Gasteiger partial charge >= 0.3 is 6.03 Å². The number of carbonyl (C=O) groups is 1. The number of likely N-dealkylation sites (N-methyl/N-ethyl adjacent to an activating group) is 1. The molecule has 5 heteroatoms. The third-order valence-electron chi connectivity index (χ3n) is 2.42. The average molecular weight is 212 g/mol. The third-order valence-corrected chi connectivity index (χ3v) is 2.42. The largest absolute Gasteiger partial charge is 0.326 e. The molecule has 0 unspecified atom stereocenters. The van der Waals surface area contributed by atoms with Crippen LogP contribution in [-0.4, -0.2) is 31.1 Å². The maximum Gasteiger partial charge on any atom is 0.324 e. The van der Waals surface area contributed by atoms with Crippen molar-refractivity contribution >= 4 is 11.7 Å². The Labute approximate surface area is 85.9 Å². The maximum absolute atomic E-state index is 13.4. The molecule has 0 bridgehead atoms. The Hall–Kier alpha value is -1.65. The molecule has 1 aliphatic heterocycles. The molecule has 1 aliphatic rings. The van der Waals surface area contributed by atoms with E-state index in [-0.39, 0.29) is 11.7 Å². The monoisotopic (exact) mass is 212 g/mol. The minimum Gasteiger partial charge on any atom is -0.326 e. The van der Waals surface area contributed by atoms with E-state index in [1.165, 1.54) is 15.9 Å². The first-order valence-corrected chi connectivity index (χ1v) is 4.57. The number of halogens is 2. The molecule has 1 fully saturated rings. The average Bonchev–Trinajstić information content (AvgIpc) is 2.49. The molecular weight excluding hydrogens is 202 g/mol. The minimum atomic E-state index is -0.710. The molecule has 3 nitrogen and oxygen atoms in total. The van der Waals surface area contributed by atoms with Gasteiger partial charge in [0.15, 0.2) is 0 Å². The lowest BCUT2D eigenvalue weighted by Gasteiger charge is -2.16. The molecule has 2 rings (SSSR count). The van der Waals surface area contributed by atoms with Crippen LogP contribution in [0.25, 0.3) is 0 Å². The van der Waals surface area contributed by atoms with Crippen molar-refractivity contribution in [3.8, 4) is 0 Å². The van der Waals surface area contributed by atoms with Crippen LogP contribution in [-0.2, 0) is 0 Å². The van der Waals surface area contributed by atoms with E-state index in [4.69, 9.17) is 0 Å². The van der Waals surface area contributed by atoms with Gasteiger partial charge in [-0.15, -0.1) is 0 Å². The molecule has 0 aromatic heterocycles. The molecule has 0 saturated carbocycles. The highest BCUT2D eigenvalue weighted by Gasteiger charge is 2.28. The second kappa shape index (κ2) is 3.49. The van der Waals surface area contributed by atoms with E-state index in [0.717, 1.165) is 12.1 Å². The normalized spacial score (nSPS) is 16.3. The molecule has 15 heavy (non-hydrogen) atoms. The highest BCUT2D eigenvalue weighted by Crippen LogP contribution is 2.23. The third kappa shape index (κ3) is 1.65. The van der Waals surface area contributed by atoms with Crippen molar-refractivity contribution in [2.45, 2.75) is 0 Å². The number of hydrogen-bond donors (Lipinski definition) is 0. The van der Waals surface area contributed by atoms with Crippen molar-refractivity contribution in [1.29, 1.82) is 0 Å². The van der Waals surface area contributed by atoms with Crippen LogP contribution in [0.4, 0.5) is 19.3 Å². The lowest BCUT2D eigenvalue weighted by Crippen LogP contribution is -2.29. The van der Waals surface area contributed by atoms with Crippen molar-refractivity contribution in [2.24, 2.45) is 0 Å². The predicted molar refractivity (Wildman–Crippen MR) is 51.7 cm³/mol. The summed E-state index contributed by atoms with van der Waals surface area (Å²) in [6.45, 7) is 0.980. The number of hydrogen-bond acceptors (Lipinski definition) is 1. The first-order valence-electron chi connectivity index (χ1n) is 4.57. The lowest BCUT2D eigenvalue weighted by molar-refractivity contribution is 0.229. The van der Waals surface area contributed by atoms with Gasteiger partial charge in [-0.1, -0.05) is 0 Å². The summed E-state index contributed by atoms with van der Waals surface area (Å²) < 4.78 is 26.0. The zero-order valence-electron chi connectivity index (χ0n) is 8.20. The van der Waals surface area contributed by atoms with Crippen LogP contribution in [0.3, 0.4) is 0 Å². The van der Waals surface area contributed by atoms with Gasteiger partial charge in [0.2, 0.25) is 0 Å². The molecule has 80 valence electrons. The van der Waals surface area contributed by atoms with Crippen LogP contribution in [0, 0.1) is 11.6 Å². The fourth-order valence-electron chi connectivity index (χ4n) is 1.57. The zero-order chi connectivity index (χ0) is 11.0. The number of rotatable bonds is 1. The highest BCUT2D eigenvalue weighted by atomic mass is 19.1. The Morgan fingerprint density at radius 3 is 2.53 bits per heavy atom. The maximum atomic E-state index is 13.4. The van der Waals surface area contributed by atoms with Gasteiger partial charge in [0.05, 0.1) is 5.69 Å². The topological polar surface area (TPSA) is 23.6 Å². The van der Waals surface area contributed by atoms with Gasteiger partial charge in [0.25, 0.3) is 0 Å². The quantitative estimate of drug-likeness (QED) is 0.696. The first kappa shape index (κ1) is 9.89. The summed E-state index contributed by atoms with van der Waals surface area (Å²) in [7, 11) is 1.64. The first-order chi connectivity index (χ1) is 7.09. The van der Waals surface area contributed by atoms with Crippen molar-refractivity contribution in [3.05, 3.63) is 29.8 Å². The Balaban J connectivity index is 2.34. The Kier molecular flexibility index (Phi) is 2.30. The lowest BCUT2D eigenvalue weighted by atomic mass is 10.3. The smallest absolute Gasteiger partial charge is 0.324 e. The van der Waals surface area contributed by atoms with E-state index in [9.17, 15) is 13.6 Å². The van der Waals surface area contributed by atoms with Crippen LogP contribution in [0.1, 0.15) is 0 Å². The Bertz CT molecular complexity index is 408. The van der Waals surface area contributed by atoms with E-state index in [2.05, 4.69) is 0 Å². The molecule has 1 aromatic rings. The Morgan fingerprint density at radius 2 is 2.00 bits per heavy atom. The molecule has 1 heterocycles. The van der Waals surface area contributed by atoms with Gasteiger partial charge < -0.3 is 4.90 Å². The van der Waals surface area contributed by atoms with Crippen LogP contribution < -0.4 is 4.90 Å². The van der Waals surface area contributed by atoms with Gasteiger partial charge in [-0.25, -0.2) is 13.6 Å². The summed E-state index contributed by atoms with van der Waals surface area (Å²) in [5.41, 5.74) is 0.130. The Morgan fingerprint density at radius 1 is 1.27 bits per heavy atom. The minimum absolute atomic E-state index is 0.130. The number of benzene rings is 1. The van der Waals surface area contributed by atoms with Gasteiger partial charge in [0, 0.05) is 26.2 Å². The predicted octanol–water partition coefficient (Wildman–Crippen LogP) is 1.84. The van der Waals surface area contributed by atoms with E-state index in [0.29, 0.717) is 13.1 Å². The van der Waals surface area contributed by atoms with Crippen molar-refractivity contribution < 1.29 is 13.6 Å². The van der Waals surface area contributed by atoms with Crippen LogP contribution in [0.2, 0.25) is 0 Å². The van der Waals surface area contributed by atoms with Gasteiger partial charge in [0.1, 0.15) is 11.6 Å². The molecule has 0 aliphatic carbocycles. The zero-order valence-corrected chi connectivity index (χ0v) is 8.20. The molecule has 1 saturated heterocycles. The summed E-state index contributed by atoms with van der Waals surface area (Å²) in [5, 5.41) is 0. The van der Waals surface area contributed by atoms with Gasteiger partial charge in [-0.3, -0.25) is 4.90 Å². The molecule has 0 spiro atoms. The summed E-state index contributed by atoms with van der Waals surface area (Å²) in [4.78, 5) is 14.3. The van der Waals surface area contributed by atoms with Crippen LogP contribution >= 0.6 is 0 Å². The summed E-state index contributed by atoms with van der Waals surface area (Å²) >= 11 is 0. The number of anilines is 1. The van der Waals surface area contributed by atoms with E-state index < -0.39 is 11.6 Å². The summed E-state index contributed by atoms with van der Waals surface area (Å²) in [6.07, 6.45) is 0. The molecule has 0 N–H and O–H groups in total. The second-order valence-electron chi connectivity index (χ2n) is 3.45. The van der Waals surface area contributed by atoms with E-state index in [1.54, 1.807) is 7.05 Å². The number of urea groups is 1. The number of carbonyl (C=O) groups excluding carboxylic acids is 1. The SMILES string of the molecule is CN1CCN(c2ccc(F)cc2F)C1=O. The van der Waals surface area contributed by atoms with Crippen molar-refractivity contribution in [2.75, 3.05) is 25.0 Å². The fraction of sp³-hybridized carbons (Fsp3) is 0.300. The van der Waals surface area contributed by atoms with Crippen LogP contribution in [0.15, 0.2) is 18.2 Å². The fourth-order valence-corrected chi connectivity index (χ4v) is 1.57. The van der Waals surface area contributed by atoms with Gasteiger partial charge in [-0.05, 0) is 12.1 Å². The van der Waals surface area contributed by atoms with Crippen molar-refractivity contribution in [1.82, 2.24) is 4.90 Å².